The van der Waals surface area contributed by atoms with Crippen molar-refractivity contribution in [3.63, 3.8) is 0 Å². The number of aliphatic imine (C=N–C) groups is 2. The van der Waals surface area contributed by atoms with Crippen LogP contribution >= 0.6 is 0 Å². The molecular weight excluding hydrogens is 438 g/mol. The second kappa shape index (κ2) is 12.8. The zero-order valence-corrected chi connectivity index (χ0v) is 19.1. The fraction of sp³-hybridized carbons (Fsp3) is 0.375. The summed E-state index contributed by atoms with van der Waals surface area (Å²) >= 11 is 0. The Labute approximate surface area is 198 Å². The van der Waals surface area contributed by atoms with Gasteiger partial charge in [0.05, 0.1) is 44.0 Å². The molecule has 10 heteroatoms. The summed E-state index contributed by atoms with van der Waals surface area (Å²) < 4.78 is 26.3. The summed E-state index contributed by atoms with van der Waals surface area (Å²) in [6, 6.07) is 17.3. The average Bonchev–Trinajstić information content (AvgIpc) is 3.47. The SMILES string of the molecule is COc1ccc(OCCC2COC(N)=N2)cc1.N#Cc1cccc(OCCC2COC(N)=N2)c1. The number of rotatable bonds is 9. The highest BCUT2D eigenvalue weighted by atomic mass is 16.5. The number of benzene rings is 2. The maximum Gasteiger partial charge on any atom is 0.282 e. The first-order valence-corrected chi connectivity index (χ1v) is 10.9. The third-order valence-corrected chi connectivity index (χ3v) is 4.93. The predicted molar refractivity (Wildman–Crippen MR) is 127 cm³/mol. The highest BCUT2D eigenvalue weighted by Crippen LogP contribution is 2.18. The molecule has 34 heavy (non-hydrogen) atoms. The molecule has 0 spiro atoms. The number of nitriles is 1. The zero-order valence-electron chi connectivity index (χ0n) is 19.1. The van der Waals surface area contributed by atoms with Crippen LogP contribution in [0.5, 0.6) is 17.2 Å². The van der Waals surface area contributed by atoms with Crippen molar-refractivity contribution in [3.05, 3.63) is 54.1 Å². The minimum absolute atomic E-state index is 0.0779. The van der Waals surface area contributed by atoms with Crippen molar-refractivity contribution in [1.29, 1.82) is 5.26 Å². The number of methoxy groups -OCH3 is 1. The molecular formula is C24H29N5O5. The van der Waals surface area contributed by atoms with Crippen molar-refractivity contribution in [3.8, 4) is 23.3 Å². The molecule has 0 amide bonds. The van der Waals surface area contributed by atoms with Crippen molar-refractivity contribution < 1.29 is 23.7 Å². The van der Waals surface area contributed by atoms with Crippen molar-refractivity contribution in [2.75, 3.05) is 33.5 Å². The summed E-state index contributed by atoms with van der Waals surface area (Å²) in [5.41, 5.74) is 11.4. The Hall–Kier alpha value is -4.13. The van der Waals surface area contributed by atoms with E-state index in [0.29, 0.717) is 37.7 Å². The normalized spacial score (nSPS) is 18.2. The van der Waals surface area contributed by atoms with Crippen LogP contribution in [0.4, 0.5) is 0 Å². The Morgan fingerprint density at radius 1 is 0.882 bits per heavy atom. The fourth-order valence-electron chi connectivity index (χ4n) is 3.12. The lowest BCUT2D eigenvalue weighted by molar-refractivity contribution is 0.263. The lowest BCUT2D eigenvalue weighted by Crippen LogP contribution is -2.12. The predicted octanol–water partition coefficient (Wildman–Crippen LogP) is 2.22. The number of ether oxygens (including phenoxy) is 5. The van der Waals surface area contributed by atoms with E-state index in [2.05, 4.69) is 16.1 Å². The molecule has 2 aliphatic rings. The molecule has 4 rings (SSSR count). The number of amidine groups is 2. The van der Waals surface area contributed by atoms with E-state index in [1.54, 1.807) is 25.3 Å². The van der Waals surface area contributed by atoms with Crippen LogP contribution in [-0.2, 0) is 9.47 Å². The van der Waals surface area contributed by atoms with Gasteiger partial charge in [0.25, 0.3) is 12.0 Å². The fourth-order valence-corrected chi connectivity index (χ4v) is 3.12. The highest BCUT2D eigenvalue weighted by Gasteiger charge is 2.17. The van der Waals surface area contributed by atoms with Gasteiger partial charge in [-0.05, 0) is 42.5 Å². The van der Waals surface area contributed by atoms with E-state index >= 15 is 0 Å². The number of nitrogens with two attached hydrogens (primary N) is 2. The second-order valence-corrected chi connectivity index (χ2v) is 7.45. The van der Waals surface area contributed by atoms with Crippen molar-refractivity contribution in [1.82, 2.24) is 0 Å². The van der Waals surface area contributed by atoms with Gasteiger partial charge >= 0.3 is 0 Å². The molecule has 2 unspecified atom stereocenters. The Balaban J connectivity index is 0.000000191. The van der Waals surface area contributed by atoms with Gasteiger partial charge in [0.2, 0.25) is 0 Å². The van der Waals surface area contributed by atoms with Crippen molar-refractivity contribution in [2.24, 2.45) is 21.5 Å². The van der Waals surface area contributed by atoms with Gasteiger partial charge in [-0.1, -0.05) is 6.07 Å². The lowest BCUT2D eigenvalue weighted by atomic mass is 10.2. The maximum absolute atomic E-state index is 8.74. The van der Waals surface area contributed by atoms with E-state index < -0.39 is 0 Å². The summed E-state index contributed by atoms with van der Waals surface area (Å²) in [6.45, 7) is 2.20. The van der Waals surface area contributed by atoms with Gasteiger partial charge in [0.15, 0.2) is 0 Å². The second-order valence-electron chi connectivity index (χ2n) is 7.45. The third-order valence-electron chi connectivity index (χ3n) is 4.93. The summed E-state index contributed by atoms with van der Waals surface area (Å²) in [5, 5.41) is 8.74. The van der Waals surface area contributed by atoms with Crippen molar-refractivity contribution >= 4 is 12.0 Å². The number of nitrogens with zero attached hydrogens (tertiary/aromatic N) is 3. The molecule has 4 N–H and O–H groups in total. The molecule has 2 aliphatic heterocycles. The summed E-state index contributed by atoms with van der Waals surface area (Å²) in [6.07, 6.45) is 1.55. The van der Waals surface area contributed by atoms with E-state index in [0.717, 1.165) is 24.3 Å². The Bertz CT molecular complexity index is 1020. The number of hydrogen-bond acceptors (Lipinski definition) is 10. The van der Waals surface area contributed by atoms with Crippen LogP contribution < -0.4 is 25.7 Å². The molecule has 0 saturated heterocycles. The number of hydrogen-bond donors (Lipinski definition) is 2. The Morgan fingerprint density at radius 3 is 1.94 bits per heavy atom. The van der Waals surface area contributed by atoms with Crippen LogP contribution in [0.2, 0.25) is 0 Å². The van der Waals surface area contributed by atoms with Gasteiger partial charge in [-0.2, -0.15) is 5.26 Å². The topological polar surface area (TPSA) is 147 Å². The summed E-state index contributed by atoms with van der Waals surface area (Å²) in [7, 11) is 1.64. The van der Waals surface area contributed by atoms with E-state index in [9.17, 15) is 0 Å². The third kappa shape index (κ3) is 8.09. The molecule has 2 heterocycles. The molecule has 2 aromatic rings. The monoisotopic (exact) mass is 467 g/mol. The van der Waals surface area contributed by atoms with Gasteiger partial charge in [-0.3, -0.25) is 0 Å². The van der Waals surface area contributed by atoms with E-state index in [1.165, 1.54) is 0 Å². The van der Waals surface area contributed by atoms with Crippen LogP contribution in [0, 0.1) is 11.3 Å². The summed E-state index contributed by atoms with van der Waals surface area (Å²) in [5.74, 6) is 2.33. The zero-order chi connectivity index (χ0) is 24.2. The molecule has 2 atom stereocenters. The van der Waals surface area contributed by atoms with Crippen LogP contribution in [-0.4, -0.2) is 57.7 Å². The largest absolute Gasteiger partial charge is 0.497 e. The average molecular weight is 468 g/mol. The standard InChI is InChI=1S/C12H13N3O2.C12H16N2O3/c13-7-9-2-1-3-11(6-9)16-5-4-10-8-17-12(14)15-10;1-15-10-2-4-11(5-3-10)16-7-6-9-8-17-12(13)14-9/h1-3,6,10H,4-5,8H2,(H2,14,15);2-5,9H,6-8H2,1H3,(H2,13,14). The first-order chi connectivity index (χ1) is 16.6. The molecule has 0 aliphatic carbocycles. The minimum Gasteiger partial charge on any atom is -0.497 e. The quantitative estimate of drug-likeness (QED) is 0.571. The first-order valence-electron chi connectivity index (χ1n) is 10.9. The van der Waals surface area contributed by atoms with Gasteiger partial charge in [-0.15, -0.1) is 0 Å². The lowest BCUT2D eigenvalue weighted by Gasteiger charge is -2.08. The van der Waals surface area contributed by atoms with Crippen LogP contribution in [0.1, 0.15) is 18.4 Å². The smallest absolute Gasteiger partial charge is 0.282 e. The Morgan fingerprint density at radius 2 is 1.44 bits per heavy atom. The van der Waals surface area contributed by atoms with Crippen molar-refractivity contribution in [2.45, 2.75) is 24.9 Å². The minimum atomic E-state index is 0.0779. The van der Waals surface area contributed by atoms with Crippen LogP contribution in [0.3, 0.4) is 0 Å². The van der Waals surface area contributed by atoms with E-state index in [-0.39, 0.29) is 24.1 Å². The van der Waals surface area contributed by atoms with Crippen LogP contribution in [0.15, 0.2) is 58.5 Å². The van der Waals surface area contributed by atoms with Crippen LogP contribution in [0.25, 0.3) is 0 Å². The van der Waals surface area contributed by atoms with E-state index in [4.69, 9.17) is 40.4 Å². The first kappa shape index (κ1) is 24.5. The maximum atomic E-state index is 8.74. The molecule has 0 aromatic heterocycles. The summed E-state index contributed by atoms with van der Waals surface area (Å²) in [4.78, 5) is 8.21. The molecule has 180 valence electrons. The van der Waals surface area contributed by atoms with Gasteiger partial charge in [-0.25, -0.2) is 9.98 Å². The highest BCUT2D eigenvalue weighted by molar-refractivity contribution is 5.73. The molecule has 0 fully saturated rings. The van der Waals surface area contributed by atoms with Gasteiger partial charge < -0.3 is 35.2 Å². The van der Waals surface area contributed by atoms with Gasteiger partial charge in [0, 0.05) is 12.8 Å². The molecule has 0 saturated carbocycles. The Kier molecular flexibility index (Phi) is 9.22. The molecule has 2 aromatic carbocycles. The van der Waals surface area contributed by atoms with E-state index in [1.807, 2.05) is 30.3 Å². The molecule has 0 bridgehead atoms. The molecule has 0 radical (unpaired) electrons. The van der Waals surface area contributed by atoms with Gasteiger partial charge in [0.1, 0.15) is 30.5 Å². The molecule has 10 nitrogen and oxygen atoms in total.